The highest BCUT2D eigenvalue weighted by atomic mass is 32.1. The van der Waals surface area contributed by atoms with Gasteiger partial charge in [0.15, 0.2) is 0 Å². The van der Waals surface area contributed by atoms with Crippen molar-refractivity contribution in [2.45, 2.75) is 19.9 Å². The maximum atomic E-state index is 11.8. The third kappa shape index (κ3) is 3.56. The molecule has 2 rings (SSSR count). The molecule has 1 heterocycles. The number of aromatic nitrogens is 1. The van der Waals surface area contributed by atoms with Gasteiger partial charge in [-0.25, -0.2) is 9.78 Å². The Kier molecular flexibility index (Phi) is 4.69. The SMILES string of the molecule is CCc1nc(CNC(=O)Nc2ccccc2C#N)cs1. The van der Waals surface area contributed by atoms with Gasteiger partial charge in [0, 0.05) is 5.38 Å². The summed E-state index contributed by atoms with van der Waals surface area (Å²) in [6.07, 6.45) is 0.895. The molecule has 2 aromatic rings. The summed E-state index contributed by atoms with van der Waals surface area (Å²) in [7, 11) is 0. The lowest BCUT2D eigenvalue weighted by Crippen LogP contribution is -2.28. The van der Waals surface area contributed by atoms with E-state index >= 15 is 0 Å². The first-order chi connectivity index (χ1) is 9.72. The number of carbonyl (C=O) groups excluding carboxylic acids is 1. The molecule has 0 aliphatic rings. The van der Waals surface area contributed by atoms with E-state index in [9.17, 15) is 4.79 Å². The number of anilines is 1. The second kappa shape index (κ2) is 6.68. The van der Waals surface area contributed by atoms with E-state index in [1.54, 1.807) is 35.6 Å². The summed E-state index contributed by atoms with van der Waals surface area (Å²) >= 11 is 1.59. The largest absolute Gasteiger partial charge is 0.332 e. The minimum absolute atomic E-state index is 0.348. The highest BCUT2D eigenvalue weighted by Crippen LogP contribution is 2.13. The van der Waals surface area contributed by atoms with Crippen LogP contribution in [0.5, 0.6) is 0 Å². The quantitative estimate of drug-likeness (QED) is 0.907. The summed E-state index contributed by atoms with van der Waals surface area (Å²) in [5.41, 5.74) is 1.78. The molecule has 102 valence electrons. The molecule has 2 N–H and O–H groups in total. The average molecular weight is 286 g/mol. The molecule has 0 aliphatic heterocycles. The van der Waals surface area contributed by atoms with Gasteiger partial charge in [-0.15, -0.1) is 11.3 Å². The number of nitriles is 1. The Morgan fingerprint density at radius 3 is 2.95 bits per heavy atom. The molecule has 1 aromatic carbocycles. The Morgan fingerprint density at radius 1 is 1.45 bits per heavy atom. The lowest BCUT2D eigenvalue weighted by atomic mass is 10.2. The van der Waals surface area contributed by atoms with Crippen molar-refractivity contribution in [1.29, 1.82) is 5.26 Å². The fourth-order valence-corrected chi connectivity index (χ4v) is 2.36. The number of hydrogen-bond donors (Lipinski definition) is 2. The summed E-state index contributed by atoms with van der Waals surface area (Å²) in [4.78, 5) is 16.1. The standard InChI is InChI=1S/C14H14N4OS/c1-2-13-17-11(9-20-13)8-16-14(19)18-12-6-4-3-5-10(12)7-15/h3-6,9H,2,8H2,1H3,(H2,16,18,19). The first-order valence-corrected chi connectivity index (χ1v) is 7.08. The summed E-state index contributed by atoms with van der Waals surface area (Å²) in [5, 5.41) is 17.3. The molecule has 0 aliphatic carbocycles. The molecular formula is C14H14N4OS. The average Bonchev–Trinajstić information content (AvgIpc) is 2.94. The van der Waals surface area contributed by atoms with Gasteiger partial charge >= 0.3 is 6.03 Å². The molecule has 0 bridgehead atoms. The van der Waals surface area contributed by atoms with Crippen LogP contribution in [0.2, 0.25) is 0 Å². The minimum Gasteiger partial charge on any atom is -0.332 e. The number of carbonyl (C=O) groups is 1. The Morgan fingerprint density at radius 2 is 2.25 bits per heavy atom. The maximum Gasteiger partial charge on any atom is 0.319 e. The Balaban J connectivity index is 1.91. The predicted octanol–water partition coefficient (Wildman–Crippen LogP) is 2.90. The number of hydrogen-bond acceptors (Lipinski definition) is 4. The highest BCUT2D eigenvalue weighted by molar-refractivity contribution is 7.09. The number of amides is 2. The summed E-state index contributed by atoms with van der Waals surface area (Å²) in [6.45, 7) is 2.42. The van der Waals surface area contributed by atoms with E-state index in [0.717, 1.165) is 17.1 Å². The van der Waals surface area contributed by atoms with Crippen molar-refractivity contribution in [3.05, 3.63) is 45.9 Å². The van der Waals surface area contributed by atoms with E-state index in [2.05, 4.69) is 15.6 Å². The second-order valence-electron chi connectivity index (χ2n) is 4.05. The zero-order chi connectivity index (χ0) is 14.4. The van der Waals surface area contributed by atoms with Crippen molar-refractivity contribution in [2.24, 2.45) is 0 Å². The minimum atomic E-state index is -0.348. The van der Waals surface area contributed by atoms with Crippen LogP contribution in [0.25, 0.3) is 0 Å². The van der Waals surface area contributed by atoms with Gasteiger partial charge in [-0.3, -0.25) is 0 Å². The van der Waals surface area contributed by atoms with E-state index in [0.29, 0.717) is 17.8 Å². The van der Waals surface area contributed by atoms with Gasteiger partial charge < -0.3 is 10.6 Å². The lowest BCUT2D eigenvalue weighted by molar-refractivity contribution is 0.251. The molecular weight excluding hydrogens is 272 g/mol. The second-order valence-corrected chi connectivity index (χ2v) is 4.99. The molecule has 0 fully saturated rings. The van der Waals surface area contributed by atoms with Gasteiger partial charge in [0.25, 0.3) is 0 Å². The number of thiazole rings is 1. The highest BCUT2D eigenvalue weighted by Gasteiger charge is 2.06. The lowest BCUT2D eigenvalue weighted by Gasteiger charge is -2.07. The predicted molar refractivity (Wildman–Crippen MR) is 78.5 cm³/mol. The Hall–Kier alpha value is -2.39. The van der Waals surface area contributed by atoms with E-state index in [-0.39, 0.29) is 6.03 Å². The van der Waals surface area contributed by atoms with Crippen molar-refractivity contribution >= 4 is 23.1 Å². The van der Waals surface area contributed by atoms with Gasteiger partial charge in [-0.05, 0) is 18.6 Å². The fraction of sp³-hybridized carbons (Fsp3) is 0.214. The van der Waals surface area contributed by atoms with Crippen LogP contribution < -0.4 is 10.6 Å². The van der Waals surface area contributed by atoms with Crippen LogP contribution in [0.3, 0.4) is 0 Å². The summed E-state index contributed by atoms with van der Waals surface area (Å²) in [6, 6.07) is 8.55. The Labute approximate surface area is 121 Å². The van der Waals surface area contributed by atoms with Crippen molar-refractivity contribution in [2.75, 3.05) is 5.32 Å². The van der Waals surface area contributed by atoms with Crippen LogP contribution >= 0.6 is 11.3 Å². The van der Waals surface area contributed by atoms with Gasteiger partial charge in [-0.2, -0.15) is 5.26 Å². The van der Waals surface area contributed by atoms with Gasteiger partial charge in [0.1, 0.15) is 6.07 Å². The van der Waals surface area contributed by atoms with E-state index in [1.807, 2.05) is 18.4 Å². The smallest absolute Gasteiger partial charge is 0.319 e. The zero-order valence-electron chi connectivity index (χ0n) is 11.0. The number of rotatable bonds is 4. The van der Waals surface area contributed by atoms with Gasteiger partial charge in [0.2, 0.25) is 0 Å². The first kappa shape index (κ1) is 14.0. The molecule has 5 nitrogen and oxygen atoms in total. The van der Waals surface area contributed by atoms with Crippen molar-refractivity contribution < 1.29 is 4.79 Å². The van der Waals surface area contributed by atoms with Gasteiger partial charge in [-0.1, -0.05) is 19.1 Å². The molecule has 6 heteroatoms. The summed E-state index contributed by atoms with van der Waals surface area (Å²) in [5.74, 6) is 0. The topological polar surface area (TPSA) is 77.8 Å². The molecule has 1 aromatic heterocycles. The normalized spacial score (nSPS) is 9.80. The molecule has 0 saturated heterocycles. The van der Waals surface area contributed by atoms with E-state index < -0.39 is 0 Å². The number of nitrogens with one attached hydrogen (secondary N) is 2. The number of benzene rings is 1. The van der Waals surface area contributed by atoms with Crippen LogP contribution in [-0.2, 0) is 13.0 Å². The van der Waals surface area contributed by atoms with Gasteiger partial charge in [0.05, 0.1) is 28.5 Å². The molecule has 0 radical (unpaired) electrons. The van der Waals surface area contributed by atoms with E-state index in [4.69, 9.17) is 5.26 Å². The first-order valence-electron chi connectivity index (χ1n) is 6.20. The number of nitrogens with zero attached hydrogens (tertiary/aromatic N) is 2. The van der Waals surface area contributed by atoms with Crippen molar-refractivity contribution in [3.8, 4) is 6.07 Å². The summed E-state index contributed by atoms with van der Waals surface area (Å²) < 4.78 is 0. The monoisotopic (exact) mass is 286 g/mol. The molecule has 0 atom stereocenters. The van der Waals surface area contributed by atoms with Crippen molar-refractivity contribution in [3.63, 3.8) is 0 Å². The molecule has 2 amide bonds. The molecule has 0 saturated carbocycles. The van der Waals surface area contributed by atoms with Crippen LogP contribution in [0.1, 0.15) is 23.2 Å². The number of aryl methyl sites for hydroxylation is 1. The van der Waals surface area contributed by atoms with E-state index in [1.165, 1.54) is 0 Å². The maximum absolute atomic E-state index is 11.8. The molecule has 20 heavy (non-hydrogen) atoms. The third-order valence-electron chi connectivity index (χ3n) is 2.63. The fourth-order valence-electron chi connectivity index (χ4n) is 1.62. The Bertz CT molecular complexity index is 645. The number of urea groups is 1. The molecule has 0 unspecified atom stereocenters. The van der Waals surface area contributed by atoms with Crippen LogP contribution in [0.4, 0.5) is 10.5 Å². The zero-order valence-corrected chi connectivity index (χ0v) is 11.8. The van der Waals surface area contributed by atoms with Crippen LogP contribution in [0.15, 0.2) is 29.6 Å². The van der Waals surface area contributed by atoms with Crippen molar-refractivity contribution in [1.82, 2.24) is 10.3 Å². The third-order valence-corrected chi connectivity index (χ3v) is 3.67. The van der Waals surface area contributed by atoms with Crippen LogP contribution in [0, 0.1) is 11.3 Å². The van der Waals surface area contributed by atoms with Crippen LogP contribution in [-0.4, -0.2) is 11.0 Å². The molecule has 0 spiro atoms. The number of para-hydroxylation sites is 1.